The maximum atomic E-state index is 12.0. The fourth-order valence-electron chi connectivity index (χ4n) is 2.02. The zero-order valence-corrected chi connectivity index (χ0v) is 13.4. The molecule has 1 aromatic carbocycles. The Hall–Kier alpha value is -1.93. The van der Waals surface area contributed by atoms with Gasteiger partial charge in [-0.2, -0.15) is 0 Å². The van der Waals surface area contributed by atoms with Gasteiger partial charge in [-0.05, 0) is 11.6 Å². The van der Waals surface area contributed by atoms with Crippen LogP contribution in [0.5, 0.6) is 0 Å². The molecule has 0 unspecified atom stereocenters. The number of carboxylic acid groups (broad SMARTS) is 1. The molecule has 0 radical (unpaired) electrons. The zero-order chi connectivity index (χ0) is 16.8. The molecule has 0 atom stereocenters. The largest absolute Gasteiger partial charge is 0.481 e. The summed E-state index contributed by atoms with van der Waals surface area (Å²) in [6.45, 7) is 3.98. The molecule has 0 aliphatic heterocycles. The summed E-state index contributed by atoms with van der Waals surface area (Å²) < 4.78 is 25.3. The van der Waals surface area contributed by atoms with Gasteiger partial charge >= 0.3 is 5.97 Å². The third-order valence-corrected chi connectivity index (χ3v) is 4.98. The minimum Gasteiger partial charge on any atom is -0.481 e. The van der Waals surface area contributed by atoms with E-state index in [1.807, 2.05) is 0 Å². The van der Waals surface area contributed by atoms with Gasteiger partial charge in [0.2, 0.25) is 15.9 Å². The molecule has 1 rings (SSSR count). The lowest BCUT2D eigenvalue weighted by atomic mass is 10.1. The van der Waals surface area contributed by atoms with Crippen molar-refractivity contribution < 1.29 is 23.1 Å². The Labute approximate surface area is 130 Å². The Bertz CT molecular complexity index is 638. The van der Waals surface area contributed by atoms with Crippen LogP contribution in [0.25, 0.3) is 0 Å². The van der Waals surface area contributed by atoms with Crippen LogP contribution >= 0.6 is 0 Å². The molecule has 0 bridgehead atoms. The number of sulfonamides is 1. The number of carbonyl (C=O) groups is 2. The minimum absolute atomic E-state index is 0.251. The average Bonchev–Trinajstić information content (AvgIpc) is 2.40. The van der Waals surface area contributed by atoms with Gasteiger partial charge in [-0.3, -0.25) is 9.59 Å². The van der Waals surface area contributed by atoms with E-state index in [0.717, 1.165) is 0 Å². The summed E-state index contributed by atoms with van der Waals surface area (Å²) in [4.78, 5) is 22.7. The van der Waals surface area contributed by atoms with Crippen LogP contribution in [0.2, 0.25) is 0 Å². The highest BCUT2D eigenvalue weighted by Gasteiger charge is 2.23. The maximum Gasteiger partial charge on any atom is 0.307 e. The van der Waals surface area contributed by atoms with E-state index in [9.17, 15) is 18.0 Å². The van der Waals surface area contributed by atoms with Crippen molar-refractivity contribution in [2.75, 3.05) is 24.2 Å². The monoisotopic (exact) mass is 328 g/mol. The lowest BCUT2D eigenvalue weighted by Crippen LogP contribution is -2.37. The number of carbonyl (C=O) groups excluding carboxylic acids is 1. The Morgan fingerprint density at radius 3 is 2.32 bits per heavy atom. The summed E-state index contributed by atoms with van der Waals surface area (Å²) in [6, 6.07) is 6.41. The highest BCUT2D eigenvalue weighted by Crippen LogP contribution is 2.16. The molecular formula is C14H20N2O5S. The molecular weight excluding hydrogens is 308 g/mol. The first-order chi connectivity index (χ1) is 10.3. The molecule has 1 amide bonds. The van der Waals surface area contributed by atoms with Crippen molar-refractivity contribution in [3.8, 4) is 0 Å². The molecule has 0 heterocycles. The van der Waals surface area contributed by atoms with Crippen molar-refractivity contribution in [2.24, 2.45) is 0 Å². The van der Waals surface area contributed by atoms with Crippen LogP contribution in [0, 0.1) is 0 Å². The molecule has 0 saturated heterocycles. The van der Waals surface area contributed by atoms with E-state index < -0.39 is 27.7 Å². The number of amides is 1. The second-order valence-electron chi connectivity index (χ2n) is 4.62. The standard InChI is InChI=1S/C14H20N2O5S/c1-3-16(4-2)22(20,21)10-13(17)15-12-8-6-5-7-11(12)9-14(18)19/h5-8H,3-4,9-10H2,1-2H3,(H,15,17)(H,18,19). The lowest BCUT2D eigenvalue weighted by Gasteiger charge is -2.18. The van der Waals surface area contributed by atoms with Crippen LogP contribution in [-0.4, -0.2) is 48.5 Å². The van der Waals surface area contributed by atoms with Crippen molar-refractivity contribution in [3.63, 3.8) is 0 Å². The molecule has 22 heavy (non-hydrogen) atoms. The molecule has 122 valence electrons. The molecule has 0 saturated carbocycles. The first kappa shape index (κ1) is 18.1. The number of nitrogens with one attached hydrogen (secondary N) is 1. The lowest BCUT2D eigenvalue weighted by molar-refractivity contribution is -0.136. The molecule has 0 fully saturated rings. The number of benzene rings is 1. The van der Waals surface area contributed by atoms with Crippen molar-refractivity contribution in [1.82, 2.24) is 4.31 Å². The number of aliphatic carboxylic acids is 1. The molecule has 7 nitrogen and oxygen atoms in total. The number of nitrogens with zero attached hydrogens (tertiary/aromatic N) is 1. The fraction of sp³-hybridized carbons (Fsp3) is 0.429. The summed E-state index contributed by atoms with van der Waals surface area (Å²) >= 11 is 0. The second kappa shape index (κ2) is 7.90. The number of hydrogen-bond acceptors (Lipinski definition) is 4. The number of carboxylic acids is 1. The first-order valence-electron chi connectivity index (χ1n) is 6.87. The normalized spacial score (nSPS) is 11.4. The highest BCUT2D eigenvalue weighted by molar-refractivity contribution is 7.89. The van der Waals surface area contributed by atoms with E-state index in [1.165, 1.54) is 4.31 Å². The number of para-hydroxylation sites is 1. The van der Waals surface area contributed by atoms with Crippen LogP contribution in [-0.2, 0) is 26.0 Å². The first-order valence-corrected chi connectivity index (χ1v) is 8.48. The van der Waals surface area contributed by atoms with Gasteiger partial charge in [0.15, 0.2) is 0 Å². The molecule has 0 aliphatic rings. The van der Waals surface area contributed by atoms with Gasteiger partial charge in [-0.15, -0.1) is 0 Å². The topological polar surface area (TPSA) is 104 Å². The van der Waals surface area contributed by atoms with E-state index in [-0.39, 0.29) is 6.42 Å². The number of rotatable bonds is 8. The number of anilines is 1. The molecule has 8 heteroatoms. The van der Waals surface area contributed by atoms with Crippen LogP contribution in [0.15, 0.2) is 24.3 Å². The Kier molecular flexibility index (Phi) is 6.51. The van der Waals surface area contributed by atoms with Gasteiger partial charge in [-0.25, -0.2) is 12.7 Å². The molecule has 1 aromatic rings. The van der Waals surface area contributed by atoms with Crippen molar-refractivity contribution in [3.05, 3.63) is 29.8 Å². The summed E-state index contributed by atoms with van der Waals surface area (Å²) in [5.41, 5.74) is 0.730. The van der Waals surface area contributed by atoms with Gasteiger partial charge in [0, 0.05) is 18.8 Å². The van der Waals surface area contributed by atoms with Crippen molar-refractivity contribution >= 4 is 27.6 Å². The maximum absolute atomic E-state index is 12.0. The molecule has 0 aliphatic carbocycles. The second-order valence-corrected chi connectivity index (χ2v) is 6.59. The fourth-order valence-corrected chi connectivity index (χ4v) is 3.39. The van der Waals surface area contributed by atoms with E-state index in [0.29, 0.717) is 24.3 Å². The third kappa shape index (κ3) is 5.12. The molecule has 0 spiro atoms. The number of hydrogen-bond donors (Lipinski definition) is 2. The predicted octanol–water partition coefficient (Wildman–Crippen LogP) is 0.924. The minimum atomic E-state index is -3.67. The molecule has 0 aromatic heterocycles. The van der Waals surface area contributed by atoms with E-state index in [2.05, 4.69) is 5.32 Å². The predicted molar refractivity (Wildman–Crippen MR) is 83.1 cm³/mol. The summed E-state index contributed by atoms with van der Waals surface area (Å²) in [7, 11) is -3.67. The van der Waals surface area contributed by atoms with E-state index in [4.69, 9.17) is 5.11 Å². The quantitative estimate of drug-likeness (QED) is 0.738. The van der Waals surface area contributed by atoms with Gasteiger partial charge in [0.05, 0.1) is 6.42 Å². The highest BCUT2D eigenvalue weighted by atomic mass is 32.2. The Morgan fingerprint density at radius 2 is 1.77 bits per heavy atom. The van der Waals surface area contributed by atoms with Crippen molar-refractivity contribution in [2.45, 2.75) is 20.3 Å². The zero-order valence-electron chi connectivity index (χ0n) is 12.6. The summed E-state index contributed by atoms with van der Waals surface area (Å²) in [5.74, 6) is -2.39. The van der Waals surface area contributed by atoms with Gasteiger partial charge in [0.1, 0.15) is 5.75 Å². The summed E-state index contributed by atoms with van der Waals surface area (Å²) in [6.07, 6.45) is -0.251. The Morgan fingerprint density at radius 1 is 1.18 bits per heavy atom. The van der Waals surface area contributed by atoms with Crippen LogP contribution in [0.4, 0.5) is 5.69 Å². The molecule has 2 N–H and O–H groups in total. The average molecular weight is 328 g/mol. The van der Waals surface area contributed by atoms with Crippen LogP contribution in [0.3, 0.4) is 0 Å². The van der Waals surface area contributed by atoms with Gasteiger partial charge in [-0.1, -0.05) is 32.0 Å². The SMILES string of the molecule is CCN(CC)S(=O)(=O)CC(=O)Nc1ccccc1CC(=O)O. The van der Waals surface area contributed by atoms with E-state index >= 15 is 0 Å². The van der Waals surface area contributed by atoms with Crippen LogP contribution < -0.4 is 5.32 Å². The van der Waals surface area contributed by atoms with Gasteiger partial charge in [0.25, 0.3) is 0 Å². The summed E-state index contributed by atoms with van der Waals surface area (Å²) in [5, 5.41) is 11.3. The van der Waals surface area contributed by atoms with Crippen molar-refractivity contribution in [1.29, 1.82) is 0 Å². The Balaban J connectivity index is 2.84. The third-order valence-electron chi connectivity index (χ3n) is 3.05. The smallest absolute Gasteiger partial charge is 0.307 e. The van der Waals surface area contributed by atoms with E-state index in [1.54, 1.807) is 38.1 Å². The van der Waals surface area contributed by atoms with Gasteiger partial charge < -0.3 is 10.4 Å². The van der Waals surface area contributed by atoms with Crippen LogP contribution in [0.1, 0.15) is 19.4 Å².